The van der Waals surface area contributed by atoms with Gasteiger partial charge in [0.15, 0.2) is 5.78 Å². The van der Waals surface area contributed by atoms with E-state index in [4.69, 9.17) is 21.7 Å². The summed E-state index contributed by atoms with van der Waals surface area (Å²) in [5.74, 6) is -1.74. The van der Waals surface area contributed by atoms with Crippen LogP contribution in [-0.2, 0) is 9.53 Å². The molecule has 0 heterocycles. The van der Waals surface area contributed by atoms with Crippen LogP contribution in [0.3, 0.4) is 0 Å². The molecule has 0 bridgehead atoms. The van der Waals surface area contributed by atoms with Crippen LogP contribution in [0.5, 0.6) is 0 Å². The van der Waals surface area contributed by atoms with Crippen LogP contribution in [0.15, 0.2) is 90.4 Å². The molecule has 0 spiro atoms. The minimum atomic E-state index is -0.754. The number of nitrogens with one attached hydrogen (secondary N) is 2. The van der Waals surface area contributed by atoms with E-state index in [-0.39, 0.29) is 29.0 Å². The van der Waals surface area contributed by atoms with Crippen LogP contribution in [0.2, 0.25) is 0 Å². The third kappa shape index (κ3) is 8.05. The van der Waals surface area contributed by atoms with Crippen LogP contribution in [0.25, 0.3) is 0 Å². The maximum Gasteiger partial charge on any atom is 0.256 e. The number of halogens is 2. The Labute approximate surface area is 198 Å². The third-order valence-electron chi connectivity index (χ3n) is 4.38. The van der Waals surface area contributed by atoms with Gasteiger partial charge in [0, 0.05) is 42.9 Å². The Morgan fingerprint density at radius 3 is 2.48 bits per heavy atom. The van der Waals surface area contributed by atoms with Crippen LogP contribution in [-0.4, -0.2) is 43.6 Å². The van der Waals surface area contributed by atoms with Gasteiger partial charge in [0.1, 0.15) is 11.7 Å². The number of nitrogens with zero attached hydrogens (tertiary/aromatic N) is 1. The molecule has 2 N–H and O–H groups in total. The molecule has 1 amide bonds. The summed E-state index contributed by atoms with van der Waals surface area (Å²) >= 11 is 5.51. The molecule has 1 rings (SSSR count). The van der Waals surface area contributed by atoms with Gasteiger partial charge in [0.25, 0.3) is 5.91 Å². The van der Waals surface area contributed by atoms with Gasteiger partial charge in [-0.25, -0.2) is 4.39 Å². The van der Waals surface area contributed by atoms with Crippen molar-refractivity contribution in [3.05, 3.63) is 107 Å². The zero-order chi connectivity index (χ0) is 25.0. The van der Waals surface area contributed by atoms with Crippen LogP contribution < -0.4 is 5.32 Å². The second-order valence-electron chi connectivity index (χ2n) is 6.82. The standard InChI is InChI=1S/C25H27ClFN3O3/c1-6-17(20(12-14-33-5)25(32)29-19(7-2)9-8-13-26)16-23(31)21-11-10-18(15-22(21)27)24(28)30(3)4/h6-15,28H,1-2,16H2,3-5H3,(H,29,32)/b13-8+,14-12+,19-9+,20-17-,28-24?. The molecule has 0 aliphatic carbocycles. The average Bonchev–Trinajstić information content (AvgIpc) is 2.80. The number of hydrogen-bond acceptors (Lipinski definition) is 4. The maximum absolute atomic E-state index is 14.7. The van der Waals surface area contributed by atoms with E-state index < -0.39 is 17.5 Å². The zero-order valence-electron chi connectivity index (χ0n) is 18.8. The molecule has 8 heteroatoms. The van der Waals surface area contributed by atoms with E-state index in [9.17, 15) is 14.0 Å². The van der Waals surface area contributed by atoms with Crippen molar-refractivity contribution in [1.29, 1.82) is 5.41 Å². The molecule has 0 aliphatic heterocycles. The number of benzene rings is 1. The molecule has 0 fully saturated rings. The third-order valence-corrected chi connectivity index (χ3v) is 4.52. The van der Waals surface area contributed by atoms with E-state index in [0.717, 1.165) is 6.07 Å². The van der Waals surface area contributed by atoms with Gasteiger partial charge in [0.05, 0.1) is 18.9 Å². The highest BCUT2D eigenvalue weighted by Gasteiger charge is 2.19. The lowest BCUT2D eigenvalue weighted by Crippen LogP contribution is -2.24. The van der Waals surface area contributed by atoms with E-state index in [2.05, 4.69) is 18.5 Å². The van der Waals surface area contributed by atoms with E-state index in [1.165, 1.54) is 66.3 Å². The molecule has 0 aliphatic rings. The van der Waals surface area contributed by atoms with Gasteiger partial charge in [-0.2, -0.15) is 0 Å². The number of ketones is 1. The number of rotatable bonds is 11. The molecule has 174 valence electrons. The van der Waals surface area contributed by atoms with Gasteiger partial charge < -0.3 is 15.0 Å². The minimum absolute atomic E-state index is 0.106. The van der Waals surface area contributed by atoms with Crippen molar-refractivity contribution in [3.8, 4) is 0 Å². The van der Waals surface area contributed by atoms with Crippen LogP contribution in [0.4, 0.5) is 4.39 Å². The number of allylic oxidation sites excluding steroid dienone is 5. The molecule has 0 atom stereocenters. The summed E-state index contributed by atoms with van der Waals surface area (Å²) < 4.78 is 19.6. The fraction of sp³-hybridized carbons (Fsp3) is 0.160. The highest BCUT2D eigenvalue weighted by atomic mass is 35.5. The predicted molar refractivity (Wildman–Crippen MR) is 131 cm³/mol. The average molecular weight is 472 g/mol. The minimum Gasteiger partial charge on any atom is -0.504 e. The number of amidine groups is 1. The van der Waals surface area contributed by atoms with Crippen molar-refractivity contribution < 1.29 is 18.7 Å². The van der Waals surface area contributed by atoms with Crippen molar-refractivity contribution >= 4 is 29.1 Å². The summed E-state index contributed by atoms with van der Waals surface area (Å²) in [7, 11) is 4.74. The van der Waals surface area contributed by atoms with Crippen molar-refractivity contribution in [3.63, 3.8) is 0 Å². The highest BCUT2D eigenvalue weighted by molar-refractivity contribution is 6.25. The first-order valence-corrected chi connectivity index (χ1v) is 10.2. The number of carbonyl (C=O) groups excluding carboxylic acids is 2. The molecule has 0 saturated heterocycles. The lowest BCUT2D eigenvalue weighted by atomic mass is 9.97. The van der Waals surface area contributed by atoms with E-state index in [0.29, 0.717) is 11.3 Å². The summed E-state index contributed by atoms with van der Waals surface area (Å²) in [5.41, 5.74) is 2.21. The number of methoxy groups -OCH3 is 1. The first-order valence-electron chi connectivity index (χ1n) is 9.74. The van der Waals surface area contributed by atoms with Crippen LogP contribution in [0.1, 0.15) is 22.3 Å². The second-order valence-corrected chi connectivity index (χ2v) is 7.07. The summed E-state index contributed by atoms with van der Waals surface area (Å²) in [6.07, 6.45) is 8.21. The van der Waals surface area contributed by atoms with Crippen LogP contribution in [0, 0.1) is 11.2 Å². The normalized spacial score (nSPS) is 12.3. The number of amides is 1. The lowest BCUT2D eigenvalue weighted by molar-refractivity contribution is -0.116. The second kappa shape index (κ2) is 13.6. The molecule has 33 heavy (non-hydrogen) atoms. The van der Waals surface area contributed by atoms with Crippen molar-refractivity contribution in [2.24, 2.45) is 0 Å². The highest BCUT2D eigenvalue weighted by Crippen LogP contribution is 2.20. The molecule has 0 radical (unpaired) electrons. The molecule has 0 aromatic heterocycles. The predicted octanol–water partition coefficient (Wildman–Crippen LogP) is 4.87. The first-order chi connectivity index (χ1) is 15.7. The Hall–Kier alpha value is -3.71. The SMILES string of the molecule is C=C/C(=C\C=C\Cl)NC(=O)C(/C=C/OC)=C(/C=C)CC(=O)c1ccc(C(=N)N(C)C)cc1F. The molecule has 6 nitrogen and oxygen atoms in total. The van der Waals surface area contributed by atoms with Gasteiger partial charge in [0.2, 0.25) is 0 Å². The van der Waals surface area contributed by atoms with E-state index in [1.807, 2.05) is 0 Å². The van der Waals surface area contributed by atoms with Gasteiger partial charge in [-0.3, -0.25) is 15.0 Å². The summed E-state index contributed by atoms with van der Waals surface area (Å²) in [6.45, 7) is 7.32. The van der Waals surface area contributed by atoms with Gasteiger partial charge >= 0.3 is 0 Å². The van der Waals surface area contributed by atoms with E-state index in [1.54, 1.807) is 14.1 Å². The Bertz CT molecular complexity index is 1050. The monoisotopic (exact) mass is 471 g/mol. The van der Waals surface area contributed by atoms with Crippen molar-refractivity contribution in [1.82, 2.24) is 10.2 Å². The molecule has 1 aromatic rings. The quantitative estimate of drug-likeness (QED) is 0.120. The largest absolute Gasteiger partial charge is 0.504 e. The molecular weight excluding hydrogens is 445 g/mol. The van der Waals surface area contributed by atoms with Crippen LogP contribution >= 0.6 is 11.6 Å². The van der Waals surface area contributed by atoms with Gasteiger partial charge in [-0.1, -0.05) is 36.9 Å². The Balaban J connectivity index is 3.32. The topological polar surface area (TPSA) is 82.5 Å². The van der Waals surface area contributed by atoms with Gasteiger partial charge in [-0.15, -0.1) is 0 Å². The number of carbonyl (C=O) groups is 2. The molecule has 0 unspecified atom stereocenters. The molecule has 1 aromatic carbocycles. The Morgan fingerprint density at radius 2 is 1.97 bits per heavy atom. The number of Topliss-reactive ketones (excluding diaryl/α,β-unsaturated/α-hetero) is 1. The van der Waals surface area contributed by atoms with Gasteiger partial charge in [-0.05, 0) is 42.0 Å². The first kappa shape index (κ1) is 27.3. The zero-order valence-corrected chi connectivity index (χ0v) is 19.6. The maximum atomic E-state index is 14.7. The fourth-order valence-corrected chi connectivity index (χ4v) is 2.73. The molecular formula is C25H27ClFN3O3. The Kier molecular flexibility index (Phi) is 11.3. The number of hydrogen-bond donors (Lipinski definition) is 2. The fourth-order valence-electron chi connectivity index (χ4n) is 2.66. The Morgan fingerprint density at radius 1 is 1.27 bits per heavy atom. The van der Waals surface area contributed by atoms with E-state index >= 15 is 0 Å². The lowest BCUT2D eigenvalue weighted by Gasteiger charge is -2.14. The number of ether oxygens (including phenoxy) is 1. The smallest absolute Gasteiger partial charge is 0.256 e. The molecule has 0 saturated carbocycles. The summed E-state index contributed by atoms with van der Waals surface area (Å²) in [4.78, 5) is 27.2. The summed E-state index contributed by atoms with van der Waals surface area (Å²) in [5, 5.41) is 10.6. The summed E-state index contributed by atoms with van der Waals surface area (Å²) in [6, 6.07) is 3.96. The van der Waals surface area contributed by atoms with Crippen molar-refractivity contribution in [2.45, 2.75) is 6.42 Å². The van der Waals surface area contributed by atoms with Crippen molar-refractivity contribution in [2.75, 3.05) is 21.2 Å².